The zero-order chi connectivity index (χ0) is 9.94. The van der Waals surface area contributed by atoms with Crippen LogP contribution in [0.2, 0.25) is 0 Å². The van der Waals surface area contributed by atoms with Gasteiger partial charge in [0, 0.05) is 6.04 Å². The standard InChI is InChI=1S/C11H25N/c1-7-11(5,6)9(3)8(2)10(4)12/h8-10H,7,12H2,1-6H3. The third-order valence-corrected chi connectivity index (χ3v) is 3.76. The van der Waals surface area contributed by atoms with Crippen molar-refractivity contribution in [3.8, 4) is 0 Å². The minimum atomic E-state index is 0.311. The highest BCUT2D eigenvalue weighted by molar-refractivity contribution is 4.81. The molecule has 0 radical (unpaired) electrons. The second-order valence-corrected chi connectivity index (χ2v) is 4.85. The molecule has 0 spiro atoms. The van der Waals surface area contributed by atoms with E-state index in [1.165, 1.54) is 6.42 Å². The first-order chi connectivity index (χ1) is 5.33. The molecule has 0 aliphatic heterocycles. The van der Waals surface area contributed by atoms with Crippen molar-refractivity contribution in [2.45, 2.75) is 54.0 Å². The monoisotopic (exact) mass is 171 g/mol. The van der Waals surface area contributed by atoms with Gasteiger partial charge in [-0.25, -0.2) is 0 Å². The van der Waals surface area contributed by atoms with Crippen LogP contribution in [0.4, 0.5) is 0 Å². The van der Waals surface area contributed by atoms with Crippen molar-refractivity contribution in [2.24, 2.45) is 23.0 Å². The summed E-state index contributed by atoms with van der Waals surface area (Å²) >= 11 is 0. The van der Waals surface area contributed by atoms with Crippen molar-refractivity contribution in [3.63, 3.8) is 0 Å². The van der Waals surface area contributed by atoms with E-state index in [1.54, 1.807) is 0 Å². The SMILES string of the molecule is CCC(C)(C)C(C)C(C)C(C)N. The summed E-state index contributed by atoms with van der Waals surface area (Å²) in [6, 6.07) is 0.311. The van der Waals surface area contributed by atoms with Crippen molar-refractivity contribution >= 4 is 0 Å². The summed E-state index contributed by atoms with van der Waals surface area (Å²) in [5.41, 5.74) is 6.31. The van der Waals surface area contributed by atoms with Gasteiger partial charge in [-0.05, 0) is 24.2 Å². The van der Waals surface area contributed by atoms with Crippen LogP contribution >= 0.6 is 0 Å². The Morgan fingerprint density at radius 2 is 1.58 bits per heavy atom. The number of hydrogen-bond donors (Lipinski definition) is 1. The summed E-state index contributed by atoms with van der Waals surface area (Å²) in [5.74, 6) is 1.31. The molecule has 2 N–H and O–H groups in total. The van der Waals surface area contributed by atoms with Crippen molar-refractivity contribution in [1.82, 2.24) is 0 Å². The van der Waals surface area contributed by atoms with E-state index in [1.807, 2.05) is 0 Å². The average Bonchev–Trinajstić information content (AvgIpc) is 2.01. The predicted molar refractivity (Wildman–Crippen MR) is 56.0 cm³/mol. The fourth-order valence-corrected chi connectivity index (χ4v) is 1.49. The Hall–Kier alpha value is -0.0400. The maximum atomic E-state index is 5.89. The van der Waals surface area contributed by atoms with Gasteiger partial charge in [0.25, 0.3) is 0 Å². The van der Waals surface area contributed by atoms with E-state index in [2.05, 4.69) is 41.5 Å². The Morgan fingerprint density at radius 1 is 1.17 bits per heavy atom. The molecule has 1 nitrogen and oxygen atoms in total. The van der Waals surface area contributed by atoms with Crippen LogP contribution in [0.15, 0.2) is 0 Å². The molecule has 0 rings (SSSR count). The molecule has 0 saturated heterocycles. The van der Waals surface area contributed by atoms with Crippen LogP contribution in [0.1, 0.15) is 48.0 Å². The van der Waals surface area contributed by atoms with Crippen molar-refractivity contribution in [3.05, 3.63) is 0 Å². The van der Waals surface area contributed by atoms with Gasteiger partial charge < -0.3 is 5.73 Å². The van der Waals surface area contributed by atoms with Gasteiger partial charge in [0.05, 0.1) is 0 Å². The zero-order valence-electron chi connectivity index (χ0n) is 9.52. The Bertz CT molecular complexity index is 127. The molecule has 0 fully saturated rings. The lowest BCUT2D eigenvalue weighted by atomic mass is 9.70. The van der Waals surface area contributed by atoms with Crippen LogP contribution in [0.3, 0.4) is 0 Å². The Kier molecular flexibility index (Phi) is 4.25. The van der Waals surface area contributed by atoms with E-state index in [4.69, 9.17) is 5.73 Å². The fourth-order valence-electron chi connectivity index (χ4n) is 1.49. The van der Waals surface area contributed by atoms with Gasteiger partial charge >= 0.3 is 0 Å². The summed E-state index contributed by atoms with van der Waals surface area (Å²) in [7, 11) is 0. The molecule has 0 aliphatic rings. The second kappa shape index (κ2) is 4.27. The van der Waals surface area contributed by atoms with Gasteiger partial charge in [0.15, 0.2) is 0 Å². The lowest BCUT2D eigenvalue weighted by Gasteiger charge is -2.36. The topological polar surface area (TPSA) is 26.0 Å². The molecule has 0 heterocycles. The van der Waals surface area contributed by atoms with Gasteiger partial charge in [-0.15, -0.1) is 0 Å². The second-order valence-electron chi connectivity index (χ2n) is 4.85. The molecule has 0 saturated carbocycles. The molecule has 74 valence electrons. The minimum Gasteiger partial charge on any atom is -0.328 e. The van der Waals surface area contributed by atoms with E-state index in [9.17, 15) is 0 Å². The molecule has 3 unspecified atom stereocenters. The predicted octanol–water partition coefficient (Wildman–Crippen LogP) is 3.04. The Labute approximate surface area is 77.7 Å². The van der Waals surface area contributed by atoms with Gasteiger partial charge in [-0.3, -0.25) is 0 Å². The number of nitrogens with two attached hydrogens (primary N) is 1. The van der Waals surface area contributed by atoms with E-state index >= 15 is 0 Å². The van der Waals surface area contributed by atoms with Gasteiger partial charge in [0.2, 0.25) is 0 Å². The molecule has 0 aromatic carbocycles. The summed E-state index contributed by atoms with van der Waals surface area (Å²) in [6.45, 7) is 13.6. The number of rotatable bonds is 4. The van der Waals surface area contributed by atoms with E-state index in [0.717, 1.165) is 0 Å². The van der Waals surface area contributed by atoms with Gasteiger partial charge in [-0.1, -0.05) is 41.0 Å². The first kappa shape index (κ1) is 12.0. The van der Waals surface area contributed by atoms with E-state index in [-0.39, 0.29) is 0 Å². The maximum Gasteiger partial charge on any atom is 0.00388 e. The fraction of sp³-hybridized carbons (Fsp3) is 1.00. The minimum absolute atomic E-state index is 0.311. The maximum absolute atomic E-state index is 5.89. The smallest absolute Gasteiger partial charge is 0.00388 e. The molecule has 0 aromatic rings. The van der Waals surface area contributed by atoms with Crippen LogP contribution in [0.25, 0.3) is 0 Å². The summed E-state index contributed by atoms with van der Waals surface area (Å²) in [6.07, 6.45) is 1.23. The first-order valence-electron chi connectivity index (χ1n) is 5.08. The molecular weight excluding hydrogens is 146 g/mol. The van der Waals surface area contributed by atoms with Crippen LogP contribution in [0.5, 0.6) is 0 Å². The van der Waals surface area contributed by atoms with Crippen LogP contribution in [-0.4, -0.2) is 6.04 Å². The average molecular weight is 171 g/mol. The van der Waals surface area contributed by atoms with Crippen molar-refractivity contribution < 1.29 is 0 Å². The largest absolute Gasteiger partial charge is 0.328 e. The zero-order valence-corrected chi connectivity index (χ0v) is 9.52. The molecule has 3 atom stereocenters. The quantitative estimate of drug-likeness (QED) is 0.691. The van der Waals surface area contributed by atoms with Gasteiger partial charge in [-0.2, -0.15) is 0 Å². The summed E-state index contributed by atoms with van der Waals surface area (Å²) in [4.78, 5) is 0. The molecular formula is C11H25N. The van der Waals surface area contributed by atoms with Crippen LogP contribution < -0.4 is 5.73 Å². The molecule has 0 aliphatic carbocycles. The third kappa shape index (κ3) is 2.78. The molecule has 1 heteroatoms. The van der Waals surface area contributed by atoms with Gasteiger partial charge in [0.1, 0.15) is 0 Å². The highest BCUT2D eigenvalue weighted by Gasteiger charge is 2.29. The molecule has 0 amide bonds. The lowest BCUT2D eigenvalue weighted by Crippen LogP contribution is -2.36. The van der Waals surface area contributed by atoms with Crippen LogP contribution in [-0.2, 0) is 0 Å². The molecule has 12 heavy (non-hydrogen) atoms. The van der Waals surface area contributed by atoms with Crippen molar-refractivity contribution in [1.29, 1.82) is 0 Å². The molecule has 0 aromatic heterocycles. The van der Waals surface area contributed by atoms with Crippen molar-refractivity contribution in [2.75, 3.05) is 0 Å². The Balaban J connectivity index is 4.27. The Morgan fingerprint density at radius 3 is 1.83 bits per heavy atom. The summed E-state index contributed by atoms with van der Waals surface area (Å²) < 4.78 is 0. The summed E-state index contributed by atoms with van der Waals surface area (Å²) in [5, 5.41) is 0. The molecule has 0 bridgehead atoms. The van der Waals surface area contributed by atoms with E-state index in [0.29, 0.717) is 23.3 Å². The highest BCUT2D eigenvalue weighted by Crippen LogP contribution is 2.35. The first-order valence-corrected chi connectivity index (χ1v) is 5.08. The lowest BCUT2D eigenvalue weighted by molar-refractivity contribution is 0.145. The van der Waals surface area contributed by atoms with Crippen LogP contribution in [0, 0.1) is 17.3 Å². The number of hydrogen-bond acceptors (Lipinski definition) is 1. The normalized spacial score (nSPS) is 20.2. The van der Waals surface area contributed by atoms with E-state index < -0.39 is 0 Å². The third-order valence-electron chi connectivity index (χ3n) is 3.76. The highest BCUT2D eigenvalue weighted by atomic mass is 14.6.